The molecule has 0 bridgehead atoms. The summed E-state index contributed by atoms with van der Waals surface area (Å²) in [5, 5.41) is 5.92. The number of carbonyl (C=O) groups excluding carboxylic acids is 1. The van der Waals surface area contributed by atoms with Gasteiger partial charge in [-0.25, -0.2) is 4.98 Å². The van der Waals surface area contributed by atoms with Crippen LogP contribution in [0.15, 0.2) is 12.4 Å². The van der Waals surface area contributed by atoms with Crippen LogP contribution in [0.5, 0.6) is 0 Å². The molecule has 1 aliphatic rings. The van der Waals surface area contributed by atoms with E-state index >= 15 is 0 Å². The van der Waals surface area contributed by atoms with Crippen molar-refractivity contribution in [1.29, 1.82) is 0 Å². The van der Waals surface area contributed by atoms with Gasteiger partial charge in [-0.3, -0.25) is 4.79 Å². The summed E-state index contributed by atoms with van der Waals surface area (Å²) in [6.45, 7) is 1.50. The fourth-order valence-corrected chi connectivity index (χ4v) is 1.79. The lowest BCUT2D eigenvalue weighted by molar-refractivity contribution is -0.125. The first-order valence-corrected chi connectivity index (χ1v) is 5.32. The van der Waals surface area contributed by atoms with Crippen LogP contribution in [-0.4, -0.2) is 42.2 Å². The van der Waals surface area contributed by atoms with Crippen LogP contribution in [0, 0.1) is 5.92 Å². The van der Waals surface area contributed by atoms with Crippen molar-refractivity contribution < 1.29 is 9.53 Å². The standard InChI is InChI=1S/C10H16N4O2/c1-11-8-6-16-5-7(8)10(15)14-4-9-12-2-3-13-9/h2-3,7-8,11H,4-6H2,1H3,(H,12,13)(H,14,15). The number of rotatable bonds is 4. The van der Waals surface area contributed by atoms with Gasteiger partial charge in [0.15, 0.2) is 0 Å². The quantitative estimate of drug-likeness (QED) is 0.629. The molecule has 6 nitrogen and oxygen atoms in total. The van der Waals surface area contributed by atoms with E-state index in [4.69, 9.17) is 4.74 Å². The number of aromatic amines is 1. The third-order valence-electron chi connectivity index (χ3n) is 2.77. The smallest absolute Gasteiger partial charge is 0.227 e. The number of ether oxygens (including phenoxy) is 1. The van der Waals surface area contributed by atoms with Gasteiger partial charge in [0.2, 0.25) is 5.91 Å². The van der Waals surface area contributed by atoms with Gasteiger partial charge < -0.3 is 20.4 Å². The zero-order valence-corrected chi connectivity index (χ0v) is 9.19. The first-order valence-electron chi connectivity index (χ1n) is 5.32. The highest BCUT2D eigenvalue weighted by Crippen LogP contribution is 2.13. The number of hydrogen-bond donors (Lipinski definition) is 3. The lowest BCUT2D eigenvalue weighted by Gasteiger charge is -2.15. The van der Waals surface area contributed by atoms with E-state index in [0.29, 0.717) is 19.8 Å². The van der Waals surface area contributed by atoms with E-state index in [1.807, 2.05) is 7.05 Å². The predicted octanol–water partition coefficient (Wildman–Crippen LogP) is -0.740. The Bertz CT molecular complexity index is 339. The second kappa shape index (κ2) is 5.09. The second-order valence-corrected chi connectivity index (χ2v) is 3.79. The highest BCUT2D eigenvalue weighted by molar-refractivity contribution is 5.79. The minimum Gasteiger partial charge on any atom is -0.379 e. The summed E-state index contributed by atoms with van der Waals surface area (Å²) >= 11 is 0. The first kappa shape index (κ1) is 11.1. The normalized spacial score (nSPS) is 24.6. The van der Waals surface area contributed by atoms with Crippen molar-refractivity contribution >= 4 is 5.91 Å². The molecule has 1 aliphatic heterocycles. The molecule has 2 unspecified atom stereocenters. The Kier molecular flexibility index (Phi) is 3.53. The van der Waals surface area contributed by atoms with Crippen molar-refractivity contribution in [1.82, 2.24) is 20.6 Å². The molecule has 2 heterocycles. The average molecular weight is 224 g/mol. The molecule has 3 N–H and O–H groups in total. The largest absolute Gasteiger partial charge is 0.379 e. The molecule has 6 heteroatoms. The van der Waals surface area contributed by atoms with Crippen LogP contribution in [0.2, 0.25) is 0 Å². The van der Waals surface area contributed by atoms with Gasteiger partial charge in [0.1, 0.15) is 5.82 Å². The van der Waals surface area contributed by atoms with Gasteiger partial charge in [0.05, 0.1) is 25.7 Å². The molecule has 0 saturated carbocycles. The Morgan fingerprint density at radius 3 is 3.25 bits per heavy atom. The molecule has 0 radical (unpaired) electrons. The van der Waals surface area contributed by atoms with E-state index in [9.17, 15) is 4.79 Å². The molecule has 2 atom stereocenters. The Morgan fingerprint density at radius 1 is 1.69 bits per heavy atom. The number of hydrogen-bond acceptors (Lipinski definition) is 4. The van der Waals surface area contributed by atoms with Crippen LogP contribution in [0.3, 0.4) is 0 Å². The molecule has 1 aromatic heterocycles. The van der Waals surface area contributed by atoms with Gasteiger partial charge in [-0.2, -0.15) is 0 Å². The number of imidazole rings is 1. The molecule has 2 rings (SSSR count). The van der Waals surface area contributed by atoms with E-state index in [0.717, 1.165) is 5.82 Å². The number of nitrogens with one attached hydrogen (secondary N) is 3. The maximum Gasteiger partial charge on any atom is 0.227 e. The van der Waals surface area contributed by atoms with Crippen LogP contribution < -0.4 is 10.6 Å². The fraction of sp³-hybridized carbons (Fsp3) is 0.600. The summed E-state index contributed by atoms with van der Waals surface area (Å²) in [6.07, 6.45) is 3.40. The van der Waals surface area contributed by atoms with Gasteiger partial charge in [-0.1, -0.05) is 0 Å². The first-order chi connectivity index (χ1) is 7.81. The summed E-state index contributed by atoms with van der Waals surface area (Å²) in [5.74, 6) is 0.654. The fourth-order valence-electron chi connectivity index (χ4n) is 1.79. The van der Waals surface area contributed by atoms with Crippen LogP contribution in [-0.2, 0) is 16.1 Å². The number of H-pyrrole nitrogens is 1. The van der Waals surface area contributed by atoms with E-state index < -0.39 is 0 Å². The molecule has 0 aliphatic carbocycles. The van der Waals surface area contributed by atoms with Gasteiger partial charge >= 0.3 is 0 Å². The lowest BCUT2D eigenvalue weighted by atomic mass is 10.0. The number of carbonyl (C=O) groups is 1. The highest BCUT2D eigenvalue weighted by Gasteiger charge is 2.32. The molecule has 88 valence electrons. The van der Waals surface area contributed by atoms with Crippen molar-refractivity contribution in [3.63, 3.8) is 0 Å². The second-order valence-electron chi connectivity index (χ2n) is 3.79. The Morgan fingerprint density at radius 2 is 2.56 bits per heavy atom. The molecule has 1 aromatic rings. The highest BCUT2D eigenvalue weighted by atomic mass is 16.5. The Labute approximate surface area is 93.8 Å². The SMILES string of the molecule is CNC1COCC1C(=O)NCc1ncc[nH]1. The minimum absolute atomic E-state index is 0.00764. The molecule has 1 fully saturated rings. The molecule has 16 heavy (non-hydrogen) atoms. The number of likely N-dealkylation sites (N-methyl/N-ethyl adjacent to an activating group) is 1. The molecular weight excluding hydrogens is 208 g/mol. The van der Waals surface area contributed by atoms with Crippen LogP contribution in [0.4, 0.5) is 0 Å². The predicted molar refractivity (Wildman–Crippen MR) is 57.6 cm³/mol. The summed E-state index contributed by atoms with van der Waals surface area (Å²) in [5.41, 5.74) is 0. The van der Waals surface area contributed by atoms with E-state index in [1.165, 1.54) is 0 Å². The summed E-state index contributed by atoms with van der Waals surface area (Å²) in [7, 11) is 1.84. The number of nitrogens with zero attached hydrogens (tertiary/aromatic N) is 1. The number of aromatic nitrogens is 2. The van der Waals surface area contributed by atoms with Crippen LogP contribution in [0.1, 0.15) is 5.82 Å². The molecule has 1 amide bonds. The van der Waals surface area contributed by atoms with Gasteiger partial charge in [0.25, 0.3) is 0 Å². The Hall–Kier alpha value is -1.40. The van der Waals surface area contributed by atoms with Crippen molar-refractivity contribution in [3.8, 4) is 0 Å². The zero-order valence-electron chi connectivity index (χ0n) is 9.19. The Balaban J connectivity index is 1.83. The minimum atomic E-state index is -0.111. The lowest BCUT2D eigenvalue weighted by Crippen LogP contribution is -2.42. The summed E-state index contributed by atoms with van der Waals surface area (Å²) in [4.78, 5) is 18.8. The third kappa shape index (κ3) is 2.40. The molecule has 1 saturated heterocycles. The van der Waals surface area contributed by atoms with Crippen LogP contribution >= 0.6 is 0 Å². The maximum atomic E-state index is 11.8. The van der Waals surface area contributed by atoms with Crippen LogP contribution in [0.25, 0.3) is 0 Å². The van der Waals surface area contributed by atoms with Crippen molar-refractivity contribution in [3.05, 3.63) is 18.2 Å². The maximum absolute atomic E-state index is 11.8. The van der Waals surface area contributed by atoms with E-state index in [2.05, 4.69) is 20.6 Å². The van der Waals surface area contributed by atoms with E-state index in [1.54, 1.807) is 12.4 Å². The van der Waals surface area contributed by atoms with Crippen molar-refractivity contribution in [2.75, 3.05) is 20.3 Å². The van der Waals surface area contributed by atoms with Gasteiger partial charge in [-0.05, 0) is 7.05 Å². The topological polar surface area (TPSA) is 79.0 Å². The average Bonchev–Trinajstić information content (AvgIpc) is 2.96. The molecule has 0 aromatic carbocycles. The number of amides is 1. The molecular formula is C10H16N4O2. The van der Waals surface area contributed by atoms with Crippen molar-refractivity contribution in [2.45, 2.75) is 12.6 Å². The van der Waals surface area contributed by atoms with E-state index in [-0.39, 0.29) is 17.9 Å². The van der Waals surface area contributed by atoms with Gasteiger partial charge in [-0.15, -0.1) is 0 Å². The van der Waals surface area contributed by atoms with Crippen molar-refractivity contribution in [2.24, 2.45) is 5.92 Å². The summed E-state index contributed by atoms with van der Waals surface area (Å²) < 4.78 is 5.27. The molecule has 0 spiro atoms. The monoisotopic (exact) mass is 224 g/mol. The summed E-state index contributed by atoms with van der Waals surface area (Å²) in [6, 6.07) is 0.108. The van der Waals surface area contributed by atoms with Gasteiger partial charge in [0, 0.05) is 18.4 Å². The third-order valence-corrected chi connectivity index (χ3v) is 2.77. The zero-order chi connectivity index (χ0) is 11.4.